The summed E-state index contributed by atoms with van der Waals surface area (Å²) < 4.78 is 4.11. The third-order valence-corrected chi connectivity index (χ3v) is 4.24. The van der Waals surface area contributed by atoms with E-state index in [1.807, 2.05) is 24.0 Å². The molecule has 0 spiro atoms. The van der Waals surface area contributed by atoms with Crippen molar-refractivity contribution in [1.29, 1.82) is 0 Å². The van der Waals surface area contributed by atoms with Gasteiger partial charge in [-0.1, -0.05) is 0 Å². The molecule has 3 heterocycles. The monoisotopic (exact) mass is 311 g/mol. The second-order valence-corrected chi connectivity index (χ2v) is 6.23. The SMILES string of the molecule is Cc1cc(C)n(CCCNc2nccn3c(C4CC4)nnc23)n1. The molecule has 0 saturated heterocycles. The molecule has 1 saturated carbocycles. The van der Waals surface area contributed by atoms with Crippen LogP contribution < -0.4 is 5.32 Å². The van der Waals surface area contributed by atoms with Crippen LogP contribution >= 0.6 is 0 Å². The maximum atomic E-state index is 4.48. The quantitative estimate of drug-likeness (QED) is 0.707. The topological polar surface area (TPSA) is 72.9 Å². The second-order valence-electron chi connectivity index (χ2n) is 6.23. The molecule has 0 atom stereocenters. The van der Waals surface area contributed by atoms with Gasteiger partial charge in [-0.3, -0.25) is 9.08 Å². The Kier molecular flexibility index (Phi) is 3.48. The second kappa shape index (κ2) is 5.64. The Bertz CT molecular complexity index is 828. The molecule has 1 aliphatic rings. The van der Waals surface area contributed by atoms with E-state index in [0.717, 1.165) is 42.5 Å². The number of anilines is 1. The molecule has 3 aromatic heterocycles. The summed E-state index contributed by atoms with van der Waals surface area (Å²) in [7, 11) is 0. The Morgan fingerprint density at radius 3 is 2.87 bits per heavy atom. The van der Waals surface area contributed by atoms with Crippen molar-refractivity contribution in [3.63, 3.8) is 0 Å². The number of fused-ring (bicyclic) bond motifs is 1. The Morgan fingerprint density at radius 1 is 1.26 bits per heavy atom. The lowest BCUT2D eigenvalue weighted by Gasteiger charge is -2.08. The van der Waals surface area contributed by atoms with Crippen molar-refractivity contribution in [2.45, 2.75) is 45.6 Å². The Morgan fingerprint density at radius 2 is 2.13 bits per heavy atom. The zero-order valence-corrected chi connectivity index (χ0v) is 13.5. The van der Waals surface area contributed by atoms with Crippen molar-refractivity contribution < 1.29 is 0 Å². The first-order valence-electron chi connectivity index (χ1n) is 8.17. The van der Waals surface area contributed by atoms with E-state index in [9.17, 15) is 0 Å². The highest BCUT2D eigenvalue weighted by atomic mass is 15.3. The summed E-state index contributed by atoms with van der Waals surface area (Å²) in [5.41, 5.74) is 3.09. The Labute approximate surface area is 134 Å². The minimum atomic E-state index is 0.575. The highest BCUT2D eigenvalue weighted by Crippen LogP contribution is 2.39. The van der Waals surface area contributed by atoms with Gasteiger partial charge < -0.3 is 5.32 Å². The fourth-order valence-corrected chi connectivity index (χ4v) is 2.93. The standard InChI is InChI=1S/C16H21N7/c1-11-10-12(2)23(21-11)8-3-6-17-14-16-20-19-15(13-4-5-13)22(16)9-7-18-14/h7,9-10,13H,3-6,8H2,1-2H3,(H,17,18). The van der Waals surface area contributed by atoms with Gasteiger partial charge in [0.05, 0.1) is 5.69 Å². The number of rotatable bonds is 6. The van der Waals surface area contributed by atoms with Gasteiger partial charge >= 0.3 is 0 Å². The molecule has 7 heteroatoms. The fraction of sp³-hybridized carbons (Fsp3) is 0.500. The van der Waals surface area contributed by atoms with Crippen LogP contribution in [-0.4, -0.2) is 35.9 Å². The molecule has 1 N–H and O–H groups in total. The average Bonchev–Trinajstić information content (AvgIpc) is 3.20. The summed E-state index contributed by atoms with van der Waals surface area (Å²) in [6.07, 6.45) is 7.17. The van der Waals surface area contributed by atoms with Gasteiger partial charge in [0.15, 0.2) is 5.82 Å². The van der Waals surface area contributed by atoms with Gasteiger partial charge in [0.2, 0.25) is 5.65 Å². The predicted octanol–water partition coefficient (Wildman–Crippen LogP) is 2.32. The summed E-state index contributed by atoms with van der Waals surface area (Å²) in [6, 6.07) is 2.10. The number of aromatic nitrogens is 6. The molecule has 3 aromatic rings. The molecule has 0 amide bonds. The van der Waals surface area contributed by atoms with Crippen molar-refractivity contribution >= 4 is 11.5 Å². The van der Waals surface area contributed by atoms with Gasteiger partial charge in [0, 0.05) is 37.1 Å². The van der Waals surface area contributed by atoms with Gasteiger partial charge in [0.25, 0.3) is 0 Å². The highest BCUT2D eigenvalue weighted by molar-refractivity contribution is 5.62. The van der Waals surface area contributed by atoms with E-state index in [-0.39, 0.29) is 0 Å². The third-order valence-electron chi connectivity index (χ3n) is 4.24. The van der Waals surface area contributed by atoms with Crippen molar-refractivity contribution in [1.82, 2.24) is 29.4 Å². The van der Waals surface area contributed by atoms with Gasteiger partial charge in [-0.2, -0.15) is 5.10 Å². The number of aryl methyl sites for hydroxylation is 3. The van der Waals surface area contributed by atoms with Crippen LogP contribution in [-0.2, 0) is 6.54 Å². The van der Waals surface area contributed by atoms with E-state index in [1.54, 1.807) is 0 Å². The minimum Gasteiger partial charge on any atom is -0.367 e. The molecule has 120 valence electrons. The lowest BCUT2D eigenvalue weighted by molar-refractivity contribution is 0.573. The lowest BCUT2D eigenvalue weighted by atomic mass is 10.3. The van der Waals surface area contributed by atoms with E-state index in [4.69, 9.17) is 0 Å². The molecule has 7 nitrogen and oxygen atoms in total. The van der Waals surface area contributed by atoms with Crippen LogP contribution in [0.5, 0.6) is 0 Å². The minimum absolute atomic E-state index is 0.575. The van der Waals surface area contributed by atoms with Gasteiger partial charge in [-0.05, 0) is 39.2 Å². The van der Waals surface area contributed by atoms with Gasteiger partial charge in [0.1, 0.15) is 5.82 Å². The van der Waals surface area contributed by atoms with Crippen molar-refractivity contribution in [3.05, 3.63) is 35.7 Å². The van der Waals surface area contributed by atoms with Crippen LogP contribution in [0.1, 0.15) is 42.4 Å². The molecule has 1 fully saturated rings. The molecule has 4 rings (SSSR count). The Hall–Kier alpha value is -2.44. The summed E-state index contributed by atoms with van der Waals surface area (Å²) in [6.45, 7) is 5.84. The fourth-order valence-electron chi connectivity index (χ4n) is 2.93. The van der Waals surface area contributed by atoms with Crippen molar-refractivity contribution in [3.8, 4) is 0 Å². The molecule has 0 unspecified atom stereocenters. The van der Waals surface area contributed by atoms with E-state index in [2.05, 4.69) is 43.0 Å². The normalized spacial score (nSPS) is 14.5. The first kappa shape index (κ1) is 14.2. The van der Waals surface area contributed by atoms with E-state index in [0.29, 0.717) is 5.92 Å². The average molecular weight is 311 g/mol. The summed E-state index contributed by atoms with van der Waals surface area (Å²) in [5.74, 6) is 2.44. The van der Waals surface area contributed by atoms with E-state index < -0.39 is 0 Å². The van der Waals surface area contributed by atoms with Crippen molar-refractivity contribution in [2.75, 3.05) is 11.9 Å². The van der Waals surface area contributed by atoms with Crippen LogP contribution in [0.25, 0.3) is 5.65 Å². The molecule has 0 aliphatic heterocycles. The predicted molar refractivity (Wildman–Crippen MR) is 87.6 cm³/mol. The van der Waals surface area contributed by atoms with Gasteiger partial charge in [-0.25, -0.2) is 4.98 Å². The largest absolute Gasteiger partial charge is 0.367 e. The van der Waals surface area contributed by atoms with Crippen LogP contribution in [0.15, 0.2) is 18.5 Å². The smallest absolute Gasteiger partial charge is 0.203 e. The molecular weight excluding hydrogens is 290 g/mol. The molecule has 0 radical (unpaired) electrons. The first-order chi connectivity index (χ1) is 11.2. The molecule has 0 aromatic carbocycles. The number of hydrogen-bond acceptors (Lipinski definition) is 5. The first-order valence-corrected chi connectivity index (χ1v) is 8.17. The molecule has 0 bridgehead atoms. The molecular formula is C16H21N7. The Balaban J connectivity index is 1.41. The number of nitrogens with zero attached hydrogens (tertiary/aromatic N) is 6. The molecule has 1 aliphatic carbocycles. The number of nitrogens with one attached hydrogen (secondary N) is 1. The van der Waals surface area contributed by atoms with Crippen LogP contribution in [0.4, 0.5) is 5.82 Å². The zero-order chi connectivity index (χ0) is 15.8. The number of hydrogen-bond donors (Lipinski definition) is 1. The van der Waals surface area contributed by atoms with Crippen LogP contribution in [0.3, 0.4) is 0 Å². The third kappa shape index (κ3) is 2.78. The summed E-state index contributed by atoms with van der Waals surface area (Å²) in [5, 5.41) is 16.5. The van der Waals surface area contributed by atoms with E-state index >= 15 is 0 Å². The van der Waals surface area contributed by atoms with Crippen LogP contribution in [0, 0.1) is 13.8 Å². The van der Waals surface area contributed by atoms with E-state index in [1.165, 1.54) is 18.5 Å². The molecule has 23 heavy (non-hydrogen) atoms. The maximum Gasteiger partial charge on any atom is 0.203 e. The van der Waals surface area contributed by atoms with Gasteiger partial charge in [-0.15, -0.1) is 10.2 Å². The van der Waals surface area contributed by atoms with Crippen LogP contribution in [0.2, 0.25) is 0 Å². The lowest BCUT2D eigenvalue weighted by Crippen LogP contribution is -2.10. The summed E-state index contributed by atoms with van der Waals surface area (Å²) in [4.78, 5) is 4.41. The maximum absolute atomic E-state index is 4.48. The van der Waals surface area contributed by atoms with Crippen molar-refractivity contribution in [2.24, 2.45) is 0 Å². The highest BCUT2D eigenvalue weighted by Gasteiger charge is 2.29. The summed E-state index contributed by atoms with van der Waals surface area (Å²) >= 11 is 0. The zero-order valence-electron chi connectivity index (χ0n) is 13.5.